The molecule has 1 aromatic carbocycles. The van der Waals surface area contributed by atoms with Gasteiger partial charge in [-0.25, -0.2) is 14.6 Å². The highest BCUT2D eigenvalue weighted by Gasteiger charge is 2.20. The first-order valence-corrected chi connectivity index (χ1v) is 12.0. The Bertz CT molecular complexity index is 1160. The summed E-state index contributed by atoms with van der Waals surface area (Å²) in [6, 6.07) is 5.69. The van der Waals surface area contributed by atoms with Gasteiger partial charge in [0.05, 0.1) is 23.1 Å². The lowest BCUT2D eigenvalue weighted by molar-refractivity contribution is -0.384. The van der Waals surface area contributed by atoms with Crippen LogP contribution in [0.15, 0.2) is 35.6 Å². The molecule has 3 aromatic rings. The Balaban J connectivity index is 1.52. The molecule has 0 radical (unpaired) electrons. The van der Waals surface area contributed by atoms with Gasteiger partial charge in [0.25, 0.3) is 11.6 Å². The van der Waals surface area contributed by atoms with Gasteiger partial charge in [0.2, 0.25) is 0 Å². The number of piperidine rings is 1. The maximum Gasteiger partial charge on any atom is 0.270 e. The molecule has 0 bridgehead atoms. The first kappa shape index (κ1) is 23.0. The number of anilines is 1. The van der Waals surface area contributed by atoms with E-state index in [0.29, 0.717) is 18.3 Å². The van der Waals surface area contributed by atoms with E-state index in [0.717, 1.165) is 47.9 Å². The van der Waals surface area contributed by atoms with Crippen molar-refractivity contribution >= 4 is 40.2 Å². The average molecular weight is 470 g/mol. The number of thioether (sulfide) groups is 1. The van der Waals surface area contributed by atoms with Crippen molar-refractivity contribution in [1.82, 2.24) is 25.1 Å². The van der Waals surface area contributed by atoms with Gasteiger partial charge < -0.3 is 10.2 Å². The fraction of sp³-hybridized carbons (Fsp3) is 0.455. The maximum absolute atomic E-state index is 12.4. The summed E-state index contributed by atoms with van der Waals surface area (Å²) in [6.45, 7) is 6.91. The molecule has 3 heterocycles. The number of amides is 1. The smallest absolute Gasteiger partial charge is 0.270 e. The molecular formula is C22H27N7O3S. The van der Waals surface area contributed by atoms with Crippen molar-refractivity contribution in [3.05, 3.63) is 46.1 Å². The Morgan fingerprint density at radius 2 is 2.03 bits per heavy atom. The number of carbonyl (C=O) groups is 1. The minimum Gasteiger partial charge on any atom is -0.356 e. The Kier molecular flexibility index (Phi) is 7.07. The van der Waals surface area contributed by atoms with Crippen molar-refractivity contribution in [3.63, 3.8) is 0 Å². The lowest BCUT2D eigenvalue weighted by atomic mass is 10.1. The molecule has 33 heavy (non-hydrogen) atoms. The monoisotopic (exact) mass is 469 g/mol. The standard InChI is InChI=1S/C22H27N7O3S/c1-15(2)33-22-25-19(27-10-4-3-5-11-27)18-14-24-28(20(18)26-22)12-9-23-21(30)16-7-6-8-17(13-16)29(31)32/h6-8,13-15H,3-5,9-12H2,1-2H3,(H,23,30). The highest BCUT2D eigenvalue weighted by molar-refractivity contribution is 7.99. The van der Waals surface area contributed by atoms with Gasteiger partial charge in [-0.2, -0.15) is 5.10 Å². The van der Waals surface area contributed by atoms with E-state index in [9.17, 15) is 14.9 Å². The van der Waals surface area contributed by atoms with Crippen LogP contribution >= 0.6 is 11.8 Å². The zero-order valence-electron chi connectivity index (χ0n) is 18.7. The molecule has 1 aliphatic rings. The second-order valence-electron chi connectivity index (χ2n) is 8.21. The summed E-state index contributed by atoms with van der Waals surface area (Å²) in [4.78, 5) is 34.8. The molecule has 0 aliphatic carbocycles. The van der Waals surface area contributed by atoms with Crippen molar-refractivity contribution in [2.45, 2.75) is 50.1 Å². The molecule has 0 spiro atoms. The van der Waals surface area contributed by atoms with Crippen LogP contribution < -0.4 is 10.2 Å². The molecule has 0 atom stereocenters. The number of nitro benzene ring substituents is 1. The molecule has 1 fully saturated rings. The van der Waals surface area contributed by atoms with E-state index in [2.05, 4.69) is 29.2 Å². The van der Waals surface area contributed by atoms with Crippen LogP contribution in [-0.2, 0) is 6.54 Å². The molecule has 10 nitrogen and oxygen atoms in total. The third kappa shape index (κ3) is 5.41. The van der Waals surface area contributed by atoms with Crippen LogP contribution in [-0.4, -0.2) is 55.5 Å². The van der Waals surface area contributed by atoms with E-state index in [1.807, 2.05) is 0 Å². The number of hydrogen-bond donors (Lipinski definition) is 1. The molecule has 1 amide bonds. The summed E-state index contributed by atoms with van der Waals surface area (Å²) in [7, 11) is 0. The number of non-ortho nitro benzene ring substituents is 1. The Hall–Kier alpha value is -3.21. The molecule has 1 saturated heterocycles. The molecule has 11 heteroatoms. The van der Waals surface area contributed by atoms with Gasteiger partial charge in [-0.3, -0.25) is 14.9 Å². The number of fused-ring (bicyclic) bond motifs is 1. The summed E-state index contributed by atoms with van der Waals surface area (Å²) in [5, 5.41) is 20.3. The van der Waals surface area contributed by atoms with Gasteiger partial charge in [0, 0.05) is 42.6 Å². The highest BCUT2D eigenvalue weighted by atomic mass is 32.2. The Morgan fingerprint density at radius 1 is 1.24 bits per heavy atom. The lowest BCUT2D eigenvalue weighted by Gasteiger charge is -2.28. The second-order valence-corrected chi connectivity index (χ2v) is 9.76. The summed E-state index contributed by atoms with van der Waals surface area (Å²) in [5.41, 5.74) is 0.885. The topological polar surface area (TPSA) is 119 Å². The normalized spacial score (nSPS) is 14.1. The molecule has 0 unspecified atom stereocenters. The van der Waals surface area contributed by atoms with Crippen molar-refractivity contribution in [2.75, 3.05) is 24.5 Å². The van der Waals surface area contributed by atoms with Gasteiger partial charge in [-0.15, -0.1) is 0 Å². The zero-order chi connectivity index (χ0) is 23.4. The molecule has 1 aliphatic heterocycles. The number of hydrogen-bond acceptors (Lipinski definition) is 8. The predicted octanol–water partition coefficient (Wildman–Crippen LogP) is 3.66. The van der Waals surface area contributed by atoms with Gasteiger partial charge in [0.1, 0.15) is 5.82 Å². The van der Waals surface area contributed by atoms with Crippen LogP contribution in [0.25, 0.3) is 11.0 Å². The van der Waals surface area contributed by atoms with Crippen LogP contribution in [0.4, 0.5) is 11.5 Å². The summed E-state index contributed by atoms with van der Waals surface area (Å²) in [6.07, 6.45) is 5.33. The van der Waals surface area contributed by atoms with Gasteiger partial charge >= 0.3 is 0 Å². The fourth-order valence-electron chi connectivity index (χ4n) is 3.83. The lowest BCUT2D eigenvalue weighted by Crippen LogP contribution is -2.30. The first-order chi connectivity index (χ1) is 15.9. The van der Waals surface area contributed by atoms with E-state index >= 15 is 0 Å². The van der Waals surface area contributed by atoms with Crippen LogP contribution in [0.2, 0.25) is 0 Å². The summed E-state index contributed by atoms with van der Waals surface area (Å²) in [5.74, 6) is 0.560. The van der Waals surface area contributed by atoms with Crippen molar-refractivity contribution in [1.29, 1.82) is 0 Å². The third-order valence-corrected chi connectivity index (χ3v) is 6.25. The Morgan fingerprint density at radius 3 is 2.76 bits per heavy atom. The van der Waals surface area contributed by atoms with Gasteiger partial charge in [-0.05, 0) is 25.3 Å². The predicted molar refractivity (Wildman–Crippen MR) is 128 cm³/mol. The number of rotatable bonds is 8. The van der Waals surface area contributed by atoms with Crippen LogP contribution in [0.1, 0.15) is 43.5 Å². The van der Waals surface area contributed by atoms with Crippen LogP contribution in [0, 0.1) is 10.1 Å². The number of carbonyl (C=O) groups excluding carboxylic acids is 1. The Labute approximate surface area is 195 Å². The molecular weight excluding hydrogens is 442 g/mol. The first-order valence-electron chi connectivity index (χ1n) is 11.1. The quantitative estimate of drug-likeness (QED) is 0.230. The summed E-state index contributed by atoms with van der Waals surface area (Å²) >= 11 is 1.62. The van der Waals surface area contributed by atoms with E-state index in [-0.39, 0.29) is 17.2 Å². The second kappa shape index (κ2) is 10.2. The minimum absolute atomic E-state index is 0.113. The maximum atomic E-state index is 12.4. The molecule has 2 aromatic heterocycles. The van der Waals surface area contributed by atoms with Crippen molar-refractivity contribution in [2.24, 2.45) is 0 Å². The summed E-state index contributed by atoms with van der Waals surface area (Å²) < 4.78 is 1.78. The van der Waals surface area contributed by atoms with E-state index in [4.69, 9.17) is 9.97 Å². The van der Waals surface area contributed by atoms with Crippen molar-refractivity contribution < 1.29 is 9.72 Å². The number of benzene rings is 1. The van der Waals surface area contributed by atoms with Crippen molar-refractivity contribution in [3.8, 4) is 0 Å². The van der Waals surface area contributed by atoms with Gasteiger partial charge in [0.15, 0.2) is 10.8 Å². The third-order valence-electron chi connectivity index (χ3n) is 5.38. The number of aromatic nitrogens is 4. The zero-order valence-corrected chi connectivity index (χ0v) is 19.5. The number of nitro groups is 1. The average Bonchev–Trinajstić information content (AvgIpc) is 3.21. The SMILES string of the molecule is CC(C)Sc1nc(N2CCCCC2)c2cnn(CCNC(=O)c3cccc([N+](=O)[O-])c3)c2n1. The minimum atomic E-state index is -0.515. The molecule has 174 valence electrons. The highest BCUT2D eigenvalue weighted by Crippen LogP contribution is 2.30. The van der Waals surface area contributed by atoms with E-state index < -0.39 is 4.92 Å². The fourth-order valence-corrected chi connectivity index (χ4v) is 4.53. The van der Waals surface area contributed by atoms with Crippen LogP contribution in [0.5, 0.6) is 0 Å². The number of nitrogens with zero attached hydrogens (tertiary/aromatic N) is 6. The number of nitrogens with one attached hydrogen (secondary N) is 1. The van der Waals surface area contributed by atoms with Crippen LogP contribution in [0.3, 0.4) is 0 Å². The molecule has 0 saturated carbocycles. The van der Waals surface area contributed by atoms with Gasteiger partial charge in [-0.1, -0.05) is 31.7 Å². The largest absolute Gasteiger partial charge is 0.356 e. The van der Waals surface area contributed by atoms with E-state index in [1.165, 1.54) is 24.6 Å². The van der Waals surface area contributed by atoms with E-state index in [1.54, 1.807) is 28.7 Å². The molecule has 1 N–H and O–H groups in total. The molecule has 4 rings (SSSR count).